The highest BCUT2D eigenvalue weighted by Crippen LogP contribution is 2.17. The summed E-state index contributed by atoms with van der Waals surface area (Å²) >= 11 is 0. The molecule has 1 N–H and O–H groups in total. The van der Waals surface area contributed by atoms with Crippen LogP contribution < -0.4 is 5.32 Å². The SMILES string of the molecule is Cc1ccc(C(C)Nc2nnc(C)c(C)n2)cc1. The zero-order valence-corrected chi connectivity index (χ0v) is 11.2. The maximum atomic E-state index is 4.37. The van der Waals surface area contributed by atoms with Gasteiger partial charge in [0.25, 0.3) is 0 Å². The number of aromatic nitrogens is 3. The molecule has 0 aliphatic heterocycles. The van der Waals surface area contributed by atoms with Crippen molar-refractivity contribution in [3.63, 3.8) is 0 Å². The van der Waals surface area contributed by atoms with Crippen LogP contribution >= 0.6 is 0 Å². The summed E-state index contributed by atoms with van der Waals surface area (Å²) in [6.45, 7) is 8.01. The predicted octanol–water partition coefficient (Wildman–Crippen LogP) is 2.97. The Morgan fingerprint density at radius 3 is 2.22 bits per heavy atom. The van der Waals surface area contributed by atoms with Crippen LogP contribution in [-0.2, 0) is 0 Å². The van der Waals surface area contributed by atoms with Crippen molar-refractivity contribution < 1.29 is 0 Å². The van der Waals surface area contributed by atoms with E-state index in [2.05, 4.69) is 58.6 Å². The van der Waals surface area contributed by atoms with Crippen molar-refractivity contribution in [2.45, 2.75) is 33.7 Å². The molecule has 4 heteroatoms. The molecule has 0 radical (unpaired) electrons. The summed E-state index contributed by atoms with van der Waals surface area (Å²) in [5.41, 5.74) is 4.24. The third-order valence-electron chi connectivity index (χ3n) is 3.01. The van der Waals surface area contributed by atoms with Gasteiger partial charge in [0.05, 0.1) is 17.4 Å². The Morgan fingerprint density at radius 2 is 1.61 bits per heavy atom. The Kier molecular flexibility index (Phi) is 3.55. The Bertz CT molecular complexity index is 534. The molecular weight excluding hydrogens is 224 g/mol. The van der Waals surface area contributed by atoms with E-state index in [9.17, 15) is 0 Å². The van der Waals surface area contributed by atoms with E-state index >= 15 is 0 Å². The van der Waals surface area contributed by atoms with Crippen LogP contribution in [0.2, 0.25) is 0 Å². The summed E-state index contributed by atoms with van der Waals surface area (Å²) in [5, 5.41) is 11.4. The van der Waals surface area contributed by atoms with Crippen molar-refractivity contribution in [2.75, 3.05) is 5.32 Å². The van der Waals surface area contributed by atoms with Crippen LogP contribution in [0, 0.1) is 20.8 Å². The largest absolute Gasteiger partial charge is 0.346 e. The normalized spacial score (nSPS) is 12.2. The van der Waals surface area contributed by atoms with Crippen molar-refractivity contribution in [1.29, 1.82) is 0 Å². The van der Waals surface area contributed by atoms with Crippen molar-refractivity contribution >= 4 is 5.95 Å². The molecule has 0 spiro atoms. The lowest BCUT2D eigenvalue weighted by molar-refractivity contribution is 0.820. The van der Waals surface area contributed by atoms with Crippen LogP contribution in [0.1, 0.15) is 35.5 Å². The summed E-state index contributed by atoms with van der Waals surface area (Å²) < 4.78 is 0. The second kappa shape index (κ2) is 5.12. The minimum absolute atomic E-state index is 0.162. The average Bonchev–Trinajstić information content (AvgIpc) is 2.34. The Hall–Kier alpha value is -1.97. The molecule has 2 rings (SSSR count). The molecule has 4 nitrogen and oxygen atoms in total. The Labute approximate surface area is 107 Å². The van der Waals surface area contributed by atoms with Gasteiger partial charge in [-0.25, -0.2) is 4.98 Å². The minimum atomic E-state index is 0.162. The number of benzene rings is 1. The first-order valence-corrected chi connectivity index (χ1v) is 6.07. The van der Waals surface area contributed by atoms with E-state index < -0.39 is 0 Å². The van der Waals surface area contributed by atoms with Crippen molar-refractivity contribution in [2.24, 2.45) is 0 Å². The molecule has 1 aromatic carbocycles. The molecule has 1 aromatic heterocycles. The van der Waals surface area contributed by atoms with Crippen LogP contribution in [0.4, 0.5) is 5.95 Å². The Balaban J connectivity index is 2.13. The zero-order valence-electron chi connectivity index (χ0n) is 11.2. The molecule has 1 unspecified atom stereocenters. The number of anilines is 1. The van der Waals surface area contributed by atoms with Gasteiger partial charge in [0, 0.05) is 0 Å². The van der Waals surface area contributed by atoms with Gasteiger partial charge in [0.1, 0.15) is 0 Å². The third-order valence-corrected chi connectivity index (χ3v) is 3.01. The standard InChI is InChI=1S/C14H18N4/c1-9-5-7-13(8-6-9)12(4)16-14-15-10(2)11(3)17-18-14/h5-8,12H,1-4H3,(H,15,16,18). The lowest BCUT2D eigenvalue weighted by Crippen LogP contribution is -2.11. The fourth-order valence-electron chi connectivity index (χ4n) is 1.65. The van der Waals surface area contributed by atoms with E-state index in [4.69, 9.17) is 0 Å². The van der Waals surface area contributed by atoms with E-state index in [1.54, 1.807) is 0 Å². The average molecular weight is 242 g/mol. The number of hydrogen-bond donors (Lipinski definition) is 1. The van der Waals surface area contributed by atoms with Crippen LogP contribution in [0.3, 0.4) is 0 Å². The predicted molar refractivity (Wildman–Crippen MR) is 72.5 cm³/mol. The molecule has 0 aliphatic rings. The first-order chi connectivity index (χ1) is 8.56. The summed E-state index contributed by atoms with van der Waals surface area (Å²) in [4.78, 5) is 4.37. The topological polar surface area (TPSA) is 50.7 Å². The molecule has 2 aromatic rings. The van der Waals surface area contributed by atoms with Gasteiger partial charge in [0.2, 0.25) is 5.95 Å². The monoisotopic (exact) mass is 242 g/mol. The first-order valence-electron chi connectivity index (χ1n) is 6.07. The molecule has 0 saturated carbocycles. The number of aryl methyl sites for hydroxylation is 3. The van der Waals surface area contributed by atoms with E-state index in [1.165, 1.54) is 11.1 Å². The van der Waals surface area contributed by atoms with Crippen LogP contribution in [0.15, 0.2) is 24.3 Å². The molecule has 18 heavy (non-hydrogen) atoms. The molecule has 0 fully saturated rings. The molecular formula is C14H18N4. The molecule has 1 heterocycles. The highest BCUT2D eigenvalue weighted by atomic mass is 15.2. The Morgan fingerprint density at radius 1 is 0.944 bits per heavy atom. The van der Waals surface area contributed by atoms with Crippen molar-refractivity contribution in [1.82, 2.24) is 15.2 Å². The van der Waals surface area contributed by atoms with Gasteiger partial charge in [-0.15, -0.1) is 5.10 Å². The van der Waals surface area contributed by atoms with Crippen LogP contribution in [0.5, 0.6) is 0 Å². The number of rotatable bonds is 3. The van der Waals surface area contributed by atoms with Gasteiger partial charge in [-0.2, -0.15) is 5.10 Å². The van der Waals surface area contributed by atoms with Crippen molar-refractivity contribution in [3.05, 3.63) is 46.8 Å². The molecule has 0 aliphatic carbocycles. The smallest absolute Gasteiger partial charge is 0.243 e. The maximum Gasteiger partial charge on any atom is 0.243 e. The van der Waals surface area contributed by atoms with Crippen LogP contribution in [-0.4, -0.2) is 15.2 Å². The highest BCUT2D eigenvalue weighted by molar-refractivity contribution is 5.32. The highest BCUT2D eigenvalue weighted by Gasteiger charge is 2.08. The van der Waals surface area contributed by atoms with Gasteiger partial charge < -0.3 is 5.32 Å². The quantitative estimate of drug-likeness (QED) is 0.899. The van der Waals surface area contributed by atoms with Crippen molar-refractivity contribution in [3.8, 4) is 0 Å². The fraction of sp³-hybridized carbons (Fsp3) is 0.357. The molecule has 94 valence electrons. The number of nitrogens with one attached hydrogen (secondary N) is 1. The second-order valence-corrected chi connectivity index (χ2v) is 4.58. The van der Waals surface area contributed by atoms with E-state index in [-0.39, 0.29) is 6.04 Å². The first kappa shape index (κ1) is 12.5. The summed E-state index contributed by atoms with van der Waals surface area (Å²) in [6, 6.07) is 8.60. The summed E-state index contributed by atoms with van der Waals surface area (Å²) in [7, 11) is 0. The molecule has 1 atom stereocenters. The molecule has 0 amide bonds. The lowest BCUT2D eigenvalue weighted by Gasteiger charge is -2.14. The van der Waals surface area contributed by atoms with Gasteiger partial charge in [0.15, 0.2) is 0 Å². The minimum Gasteiger partial charge on any atom is -0.346 e. The van der Waals surface area contributed by atoms with E-state index in [0.717, 1.165) is 11.4 Å². The summed E-state index contributed by atoms with van der Waals surface area (Å²) in [5.74, 6) is 0.575. The van der Waals surface area contributed by atoms with Crippen LogP contribution in [0.25, 0.3) is 0 Å². The molecule has 0 bridgehead atoms. The zero-order chi connectivity index (χ0) is 13.1. The van der Waals surface area contributed by atoms with E-state index in [0.29, 0.717) is 5.95 Å². The van der Waals surface area contributed by atoms with Gasteiger partial charge in [-0.1, -0.05) is 29.8 Å². The van der Waals surface area contributed by atoms with Gasteiger partial charge in [-0.3, -0.25) is 0 Å². The second-order valence-electron chi connectivity index (χ2n) is 4.58. The van der Waals surface area contributed by atoms with Gasteiger partial charge >= 0.3 is 0 Å². The third kappa shape index (κ3) is 2.83. The van der Waals surface area contributed by atoms with E-state index in [1.807, 2.05) is 13.8 Å². The lowest BCUT2D eigenvalue weighted by atomic mass is 10.1. The maximum absolute atomic E-state index is 4.37. The number of hydrogen-bond acceptors (Lipinski definition) is 4. The number of nitrogens with zero attached hydrogens (tertiary/aromatic N) is 3. The molecule has 0 saturated heterocycles. The summed E-state index contributed by atoms with van der Waals surface area (Å²) in [6.07, 6.45) is 0. The van der Waals surface area contributed by atoms with Gasteiger partial charge in [-0.05, 0) is 33.3 Å². The fourth-order valence-corrected chi connectivity index (χ4v) is 1.65.